The van der Waals surface area contributed by atoms with Crippen LogP contribution in [0.4, 0.5) is 0 Å². The number of ether oxygens (including phenoxy) is 1. The van der Waals surface area contributed by atoms with Gasteiger partial charge in [0, 0.05) is 12.6 Å². The van der Waals surface area contributed by atoms with Crippen molar-refractivity contribution in [1.82, 2.24) is 14.6 Å². The summed E-state index contributed by atoms with van der Waals surface area (Å²) in [6.45, 7) is 2.13. The molecule has 74 valence electrons. The van der Waals surface area contributed by atoms with Gasteiger partial charge in [-0.2, -0.15) is 0 Å². The van der Waals surface area contributed by atoms with Gasteiger partial charge >= 0.3 is 0 Å². The van der Waals surface area contributed by atoms with E-state index in [1.54, 1.807) is 7.11 Å². The predicted octanol–water partition coefficient (Wildman–Crippen LogP) is 1.69. The Balaban J connectivity index is 2.57. The summed E-state index contributed by atoms with van der Waals surface area (Å²) >= 11 is 0. The monoisotopic (exact) mass is 191 g/mol. The van der Waals surface area contributed by atoms with Crippen LogP contribution in [0.3, 0.4) is 0 Å². The second-order valence-corrected chi connectivity index (χ2v) is 3.14. The maximum atomic E-state index is 5.20. The summed E-state index contributed by atoms with van der Waals surface area (Å²) in [6.07, 6.45) is 3.97. The van der Waals surface area contributed by atoms with Gasteiger partial charge in [0.15, 0.2) is 5.75 Å². The maximum absolute atomic E-state index is 5.20. The highest BCUT2D eigenvalue weighted by molar-refractivity contribution is 5.52. The fourth-order valence-electron chi connectivity index (χ4n) is 1.49. The third kappa shape index (κ3) is 1.32. The molecule has 0 bridgehead atoms. The first-order chi connectivity index (χ1) is 6.86. The lowest BCUT2D eigenvalue weighted by Crippen LogP contribution is -1.94. The number of aromatic nitrogens is 3. The van der Waals surface area contributed by atoms with Crippen LogP contribution in [-0.2, 0) is 6.42 Å². The summed E-state index contributed by atoms with van der Waals surface area (Å²) in [5, 5.41) is 8.22. The molecule has 0 amide bonds. The molecule has 2 aromatic heterocycles. The zero-order valence-corrected chi connectivity index (χ0v) is 8.40. The Morgan fingerprint density at radius 2 is 2.29 bits per heavy atom. The average Bonchev–Trinajstić information content (AvgIpc) is 2.62. The third-order valence-corrected chi connectivity index (χ3v) is 2.16. The van der Waals surface area contributed by atoms with E-state index in [1.807, 2.05) is 22.7 Å². The molecule has 0 aliphatic rings. The van der Waals surface area contributed by atoms with Gasteiger partial charge in [0.2, 0.25) is 5.65 Å². The Morgan fingerprint density at radius 1 is 1.43 bits per heavy atom. The van der Waals surface area contributed by atoms with Crippen molar-refractivity contribution in [2.45, 2.75) is 19.8 Å². The van der Waals surface area contributed by atoms with Crippen LogP contribution in [0.2, 0.25) is 0 Å². The molecule has 2 aromatic rings. The lowest BCUT2D eigenvalue weighted by molar-refractivity contribution is 0.416. The second-order valence-electron chi connectivity index (χ2n) is 3.14. The van der Waals surface area contributed by atoms with Crippen LogP contribution >= 0.6 is 0 Å². The van der Waals surface area contributed by atoms with Crippen molar-refractivity contribution in [3.63, 3.8) is 0 Å². The first-order valence-electron chi connectivity index (χ1n) is 4.73. The second kappa shape index (κ2) is 3.65. The summed E-state index contributed by atoms with van der Waals surface area (Å²) in [7, 11) is 1.64. The van der Waals surface area contributed by atoms with Crippen molar-refractivity contribution in [3.05, 3.63) is 24.2 Å². The van der Waals surface area contributed by atoms with Crippen molar-refractivity contribution in [2.24, 2.45) is 0 Å². The molecule has 2 rings (SSSR count). The zero-order chi connectivity index (χ0) is 9.97. The van der Waals surface area contributed by atoms with Gasteiger partial charge in [0.1, 0.15) is 5.82 Å². The minimum absolute atomic E-state index is 0.766. The summed E-state index contributed by atoms with van der Waals surface area (Å²) in [4.78, 5) is 0. The molecule has 0 saturated heterocycles. The fourth-order valence-corrected chi connectivity index (χ4v) is 1.49. The average molecular weight is 191 g/mol. The highest BCUT2D eigenvalue weighted by atomic mass is 16.5. The Kier molecular flexibility index (Phi) is 2.35. The van der Waals surface area contributed by atoms with Crippen LogP contribution in [0.25, 0.3) is 5.65 Å². The van der Waals surface area contributed by atoms with E-state index >= 15 is 0 Å². The van der Waals surface area contributed by atoms with Crippen molar-refractivity contribution >= 4 is 5.65 Å². The van der Waals surface area contributed by atoms with Crippen LogP contribution in [0.1, 0.15) is 19.2 Å². The molecule has 0 saturated carbocycles. The Labute approximate surface area is 82.5 Å². The molecule has 0 atom stereocenters. The zero-order valence-electron chi connectivity index (χ0n) is 8.40. The molecule has 4 nitrogen and oxygen atoms in total. The molecular formula is C10H13N3O. The number of pyridine rings is 1. The molecule has 0 spiro atoms. The number of nitrogens with zero attached hydrogens (tertiary/aromatic N) is 3. The summed E-state index contributed by atoms with van der Waals surface area (Å²) in [5.41, 5.74) is 0.790. The SMILES string of the molecule is CCCc1nnc2c(OC)cccn12. The van der Waals surface area contributed by atoms with Gasteiger partial charge in [0.25, 0.3) is 0 Å². The van der Waals surface area contributed by atoms with Crippen LogP contribution in [0.15, 0.2) is 18.3 Å². The van der Waals surface area contributed by atoms with E-state index in [0.717, 1.165) is 30.1 Å². The Hall–Kier alpha value is -1.58. The van der Waals surface area contributed by atoms with Gasteiger partial charge in [-0.25, -0.2) is 0 Å². The Bertz CT molecular complexity index is 436. The van der Waals surface area contributed by atoms with E-state index in [9.17, 15) is 0 Å². The van der Waals surface area contributed by atoms with Crippen molar-refractivity contribution in [1.29, 1.82) is 0 Å². The lowest BCUT2D eigenvalue weighted by atomic mass is 10.3. The number of methoxy groups -OCH3 is 1. The van der Waals surface area contributed by atoms with Crippen LogP contribution < -0.4 is 4.74 Å². The quantitative estimate of drug-likeness (QED) is 0.741. The normalized spacial score (nSPS) is 10.7. The number of fused-ring (bicyclic) bond motifs is 1. The molecule has 0 aliphatic carbocycles. The number of rotatable bonds is 3. The summed E-state index contributed by atoms with van der Waals surface area (Å²) < 4.78 is 7.17. The summed E-state index contributed by atoms with van der Waals surface area (Å²) in [6, 6.07) is 3.83. The molecule has 14 heavy (non-hydrogen) atoms. The summed E-state index contributed by atoms with van der Waals surface area (Å²) in [5.74, 6) is 1.75. The molecule has 0 radical (unpaired) electrons. The first kappa shape index (κ1) is 8.99. The molecule has 4 heteroatoms. The van der Waals surface area contributed by atoms with Gasteiger partial charge in [-0.05, 0) is 18.6 Å². The molecule has 0 fully saturated rings. The van der Waals surface area contributed by atoms with Crippen LogP contribution in [-0.4, -0.2) is 21.7 Å². The van der Waals surface area contributed by atoms with E-state index < -0.39 is 0 Å². The fraction of sp³-hybridized carbons (Fsp3) is 0.400. The molecule has 0 aliphatic heterocycles. The molecule has 2 heterocycles. The maximum Gasteiger partial charge on any atom is 0.203 e. The Morgan fingerprint density at radius 3 is 3.00 bits per heavy atom. The number of hydrogen-bond donors (Lipinski definition) is 0. The molecule has 0 aromatic carbocycles. The van der Waals surface area contributed by atoms with Gasteiger partial charge < -0.3 is 4.74 Å². The van der Waals surface area contributed by atoms with Crippen molar-refractivity contribution in [3.8, 4) is 5.75 Å². The van der Waals surface area contributed by atoms with Crippen molar-refractivity contribution < 1.29 is 4.74 Å². The molecule has 0 unspecified atom stereocenters. The van der Waals surface area contributed by atoms with E-state index in [2.05, 4.69) is 17.1 Å². The highest BCUT2D eigenvalue weighted by Gasteiger charge is 2.07. The smallest absolute Gasteiger partial charge is 0.203 e. The minimum atomic E-state index is 0.766. The largest absolute Gasteiger partial charge is 0.493 e. The van der Waals surface area contributed by atoms with Crippen LogP contribution in [0.5, 0.6) is 5.75 Å². The third-order valence-electron chi connectivity index (χ3n) is 2.16. The number of aryl methyl sites for hydroxylation is 1. The lowest BCUT2D eigenvalue weighted by Gasteiger charge is -2.01. The standard InChI is InChI=1S/C10H13N3O/c1-3-5-9-11-12-10-8(14-2)6-4-7-13(9)10/h4,6-7H,3,5H2,1-2H3. The molecular weight excluding hydrogens is 178 g/mol. The van der Waals surface area contributed by atoms with Crippen LogP contribution in [0, 0.1) is 0 Å². The predicted molar refractivity (Wildman–Crippen MR) is 53.5 cm³/mol. The van der Waals surface area contributed by atoms with Gasteiger partial charge in [-0.1, -0.05) is 6.92 Å². The minimum Gasteiger partial charge on any atom is -0.493 e. The number of hydrogen-bond acceptors (Lipinski definition) is 3. The van der Waals surface area contributed by atoms with E-state index in [0.29, 0.717) is 0 Å². The van der Waals surface area contributed by atoms with Crippen molar-refractivity contribution in [2.75, 3.05) is 7.11 Å². The van der Waals surface area contributed by atoms with E-state index in [4.69, 9.17) is 4.74 Å². The van der Waals surface area contributed by atoms with E-state index in [-0.39, 0.29) is 0 Å². The van der Waals surface area contributed by atoms with Gasteiger partial charge in [-0.3, -0.25) is 4.40 Å². The molecule has 0 N–H and O–H groups in total. The highest BCUT2D eigenvalue weighted by Crippen LogP contribution is 2.17. The van der Waals surface area contributed by atoms with Gasteiger partial charge in [-0.15, -0.1) is 10.2 Å². The topological polar surface area (TPSA) is 39.4 Å². The van der Waals surface area contributed by atoms with E-state index in [1.165, 1.54) is 0 Å². The van der Waals surface area contributed by atoms with Gasteiger partial charge in [0.05, 0.1) is 7.11 Å². The first-order valence-corrected chi connectivity index (χ1v) is 4.73.